The van der Waals surface area contributed by atoms with Gasteiger partial charge in [-0.05, 0) is 6.42 Å². The van der Waals surface area contributed by atoms with Crippen LogP contribution in [0, 0.1) is 0 Å². The van der Waals surface area contributed by atoms with Crippen molar-refractivity contribution in [3.8, 4) is 0 Å². The number of hydrogen-bond acceptors (Lipinski definition) is 6. The number of nitrogens with one attached hydrogen (secondary N) is 1. The second kappa shape index (κ2) is 4.57. The zero-order valence-electron chi connectivity index (χ0n) is 9.03. The molecule has 82 valence electrons. The van der Waals surface area contributed by atoms with Gasteiger partial charge in [0.15, 0.2) is 5.96 Å². The van der Waals surface area contributed by atoms with E-state index in [1.165, 1.54) is 0 Å². The lowest BCUT2D eigenvalue weighted by atomic mass is 10.5. The highest BCUT2D eigenvalue weighted by molar-refractivity contribution is 7.11. The van der Waals surface area contributed by atoms with Crippen molar-refractivity contribution in [1.29, 1.82) is 0 Å². The third-order valence-corrected chi connectivity index (χ3v) is 3.33. The largest absolute Gasteiger partial charge is 0.350 e. The monoisotopic (exact) mass is 225 g/mol. The second-order valence-electron chi connectivity index (χ2n) is 3.42. The van der Waals surface area contributed by atoms with Crippen molar-refractivity contribution in [2.45, 2.75) is 19.9 Å². The van der Waals surface area contributed by atoms with E-state index in [-0.39, 0.29) is 0 Å². The molecule has 2 heterocycles. The van der Waals surface area contributed by atoms with Crippen LogP contribution in [0.25, 0.3) is 0 Å². The summed E-state index contributed by atoms with van der Waals surface area (Å²) in [4.78, 5) is 6.46. The maximum Gasteiger partial charge on any atom is 0.194 e. The van der Waals surface area contributed by atoms with Crippen LogP contribution in [0.4, 0.5) is 0 Å². The molecule has 0 fully saturated rings. The zero-order valence-corrected chi connectivity index (χ0v) is 9.84. The highest BCUT2D eigenvalue weighted by Gasteiger charge is 2.12. The van der Waals surface area contributed by atoms with Gasteiger partial charge in [0.2, 0.25) is 0 Å². The van der Waals surface area contributed by atoms with E-state index in [4.69, 9.17) is 0 Å². The summed E-state index contributed by atoms with van der Waals surface area (Å²) < 4.78 is 0. The number of aryl methyl sites for hydroxylation is 1. The van der Waals surface area contributed by atoms with Gasteiger partial charge in [0, 0.05) is 13.6 Å². The molecule has 1 N–H and O–H groups in total. The minimum atomic E-state index is 0.723. The third kappa shape index (κ3) is 2.44. The maximum absolute atomic E-state index is 4.35. The Morgan fingerprint density at radius 3 is 2.80 bits per heavy atom. The Balaban J connectivity index is 1.87. The number of nitrogens with zero attached hydrogens (tertiary/aromatic N) is 4. The van der Waals surface area contributed by atoms with Crippen molar-refractivity contribution >= 4 is 17.3 Å². The zero-order chi connectivity index (χ0) is 10.7. The van der Waals surface area contributed by atoms with Gasteiger partial charge in [-0.2, -0.15) is 0 Å². The first-order valence-corrected chi connectivity index (χ1v) is 5.92. The number of guanidine groups is 1. The Bertz CT molecular complexity index is 359. The Morgan fingerprint density at radius 2 is 2.20 bits per heavy atom. The molecule has 1 aliphatic heterocycles. The summed E-state index contributed by atoms with van der Waals surface area (Å²) in [5.74, 6) is 0.961. The Labute approximate surface area is 93.2 Å². The average molecular weight is 225 g/mol. The number of hydrogen-bond donors (Lipinski definition) is 1. The minimum Gasteiger partial charge on any atom is -0.350 e. The van der Waals surface area contributed by atoms with E-state index in [1.807, 2.05) is 7.05 Å². The van der Waals surface area contributed by atoms with Crippen molar-refractivity contribution < 1.29 is 0 Å². The molecular formula is C9H15N5S. The van der Waals surface area contributed by atoms with Crippen molar-refractivity contribution in [3.05, 3.63) is 10.0 Å². The molecule has 5 nitrogen and oxygen atoms in total. The predicted octanol–water partition coefficient (Wildman–Crippen LogP) is 0.491. The first-order chi connectivity index (χ1) is 7.29. The van der Waals surface area contributed by atoms with Crippen LogP contribution in [0.15, 0.2) is 4.99 Å². The van der Waals surface area contributed by atoms with Crippen LogP contribution < -0.4 is 5.32 Å². The Kier molecular flexibility index (Phi) is 3.15. The summed E-state index contributed by atoms with van der Waals surface area (Å²) in [6.07, 6.45) is 0.957. The Hall–Kier alpha value is -1.17. The second-order valence-corrected chi connectivity index (χ2v) is 4.57. The van der Waals surface area contributed by atoms with Gasteiger partial charge in [-0.25, -0.2) is 0 Å². The van der Waals surface area contributed by atoms with Gasteiger partial charge in [-0.15, -0.1) is 10.2 Å². The van der Waals surface area contributed by atoms with Gasteiger partial charge in [-0.1, -0.05) is 18.3 Å². The van der Waals surface area contributed by atoms with Crippen LogP contribution in [-0.2, 0) is 13.0 Å². The lowest BCUT2D eigenvalue weighted by Gasteiger charge is -2.13. The van der Waals surface area contributed by atoms with E-state index >= 15 is 0 Å². The number of likely N-dealkylation sites (N-methyl/N-ethyl adjacent to an activating group) is 1. The molecule has 1 aromatic heterocycles. The van der Waals surface area contributed by atoms with E-state index in [2.05, 4.69) is 32.3 Å². The SMILES string of the molecule is CCc1nnc(CNC2=NCCN2C)s1. The van der Waals surface area contributed by atoms with Crippen molar-refractivity contribution in [2.24, 2.45) is 4.99 Å². The summed E-state index contributed by atoms with van der Waals surface area (Å²) in [5, 5.41) is 13.6. The van der Waals surface area contributed by atoms with E-state index in [9.17, 15) is 0 Å². The molecule has 0 atom stereocenters. The van der Waals surface area contributed by atoms with Crippen LogP contribution in [-0.4, -0.2) is 41.2 Å². The fraction of sp³-hybridized carbons (Fsp3) is 0.667. The summed E-state index contributed by atoms with van der Waals surface area (Å²) in [6.45, 7) is 4.70. The van der Waals surface area contributed by atoms with Crippen LogP contribution in [0.1, 0.15) is 16.9 Å². The molecule has 1 aliphatic rings. The molecule has 0 saturated carbocycles. The van der Waals surface area contributed by atoms with Crippen molar-refractivity contribution in [2.75, 3.05) is 20.1 Å². The quantitative estimate of drug-likeness (QED) is 0.813. The van der Waals surface area contributed by atoms with Crippen molar-refractivity contribution in [3.63, 3.8) is 0 Å². The van der Waals surface area contributed by atoms with E-state index in [1.54, 1.807) is 11.3 Å². The summed E-state index contributed by atoms with van der Waals surface area (Å²) >= 11 is 1.66. The fourth-order valence-electron chi connectivity index (χ4n) is 1.38. The Morgan fingerprint density at radius 1 is 1.40 bits per heavy atom. The molecule has 0 aliphatic carbocycles. The smallest absolute Gasteiger partial charge is 0.194 e. The van der Waals surface area contributed by atoms with E-state index in [0.717, 1.165) is 42.0 Å². The third-order valence-electron chi connectivity index (χ3n) is 2.27. The van der Waals surface area contributed by atoms with Crippen LogP contribution in [0.2, 0.25) is 0 Å². The average Bonchev–Trinajstić information content (AvgIpc) is 2.84. The highest BCUT2D eigenvalue weighted by atomic mass is 32.1. The molecule has 2 rings (SSSR count). The molecule has 0 saturated heterocycles. The molecule has 0 spiro atoms. The number of aliphatic imine (C=N–C) groups is 1. The van der Waals surface area contributed by atoms with Gasteiger partial charge >= 0.3 is 0 Å². The summed E-state index contributed by atoms with van der Waals surface area (Å²) in [6, 6.07) is 0. The molecule has 0 aromatic carbocycles. The molecule has 0 unspecified atom stereocenters. The van der Waals surface area contributed by atoms with E-state index in [0.29, 0.717) is 0 Å². The van der Waals surface area contributed by atoms with Crippen LogP contribution in [0.5, 0.6) is 0 Å². The fourth-order valence-corrected chi connectivity index (χ4v) is 2.10. The minimum absolute atomic E-state index is 0.723. The molecule has 0 amide bonds. The lowest BCUT2D eigenvalue weighted by molar-refractivity contribution is 0.533. The topological polar surface area (TPSA) is 53.4 Å². The lowest BCUT2D eigenvalue weighted by Crippen LogP contribution is -2.35. The molecule has 0 bridgehead atoms. The normalized spacial score (nSPS) is 15.6. The number of aromatic nitrogens is 2. The summed E-state index contributed by atoms with van der Waals surface area (Å²) in [5.41, 5.74) is 0. The van der Waals surface area contributed by atoms with Crippen molar-refractivity contribution in [1.82, 2.24) is 20.4 Å². The van der Waals surface area contributed by atoms with Gasteiger partial charge in [0.1, 0.15) is 10.0 Å². The first-order valence-electron chi connectivity index (χ1n) is 5.10. The first kappa shape index (κ1) is 10.4. The van der Waals surface area contributed by atoms with Gasteiger partial charge < -0.3 is 10.2 Å². The van der Waals surface area contributed by atoms with Gasteiger partial charge in [-0.3, -0.25) is 4.99 Å². The van der Waals surface area contributed by atoms with E-state index < -0.39 is 0 Å². The van der Waals surface area contributed by atoms with Crippen LogP contribution >= 0.6 is 11.3 Å². The molecule has 6 heteroatoms. The predicted molar refractivity (Wildman–Crippen MR) is 61.1 cm³/mol. The highest BCUT2D eigenvalue weighted by Crippen LogP contribution is 2.09. The maximum atomic E-state index is 4.35. The molecule has 0 radical (unpaired) electrons. The summed E-state index contributed by atoms with van der Waals surface area (Å²) in [7, 11) is 2.04. The number of rotatable bonds is 3. The molecular weight excluding hydrogens is 210 g/mol. The van der Waals surface area contributed by atoms with Gasteiger partial charge in [0.05, 0.1) is 13.1 Å². The van der Waals surface area contributed by atoms with Gasteiger partial charge in [0.25, 0.3) is 0 Å². The standard InChI is InChI=1S/C9H15N5S/c1-3-7-12-13-8(15-7)6-11-9-10-4-5-14(9)2/h3-6H2,1-2H3,(H,10,11). The van der Waals surface area contributed by atoms with Crippen LogP contribution in [0.3, 0.4) is 0 Å². The molecule has 1 aromatic rings. The molecule has 15 heavy (non-hydrogen) atoms.